The van der Waals surface area contributed by atoms with Gasteiger partial charge in [-0.05, 0) is 41.5 Å². The van der Waals surface area contributed by atoms with Gasteiger partial charge in [-0.3, -0.25) is 8.97 Å². The van der Waals surface area contributed by atoms with Crippen molar-refractivity contribution in [2.45, 2.75) is 0 Å². The summed E-state index contributed by atoms with van der Waals surface area (Å²) in [5.41, 5.74) is 10.1. The molecule has 0 aliphatic heterocycles. The van der Waals surface area contributed by atoms with Crippen LogP contribution < -0.4 is 0 Å². The monoisotopic (exact) mass is 629 g/mol. The molecule has 0 fully saturated rings. The number of hydrogen-bond donors (Lipinski definition) is 0. The van der Waals surface area contributed by atoms with E-state index >= 15 is 0 Å². The normalized spacial score (nSPS) is 11.7. The van der Waals surface area contributed by atoms with Gasteiger partial charge in [-0.1, -0.05) is 133 Å². The third kappa shape index (κ3) is 4.29. The SMILES string of the molecule is c1ccc(-c2ccc(-c3nc(-c4ccccc4)nc(-n4c5c6ccccc6n(-c6ccccc6)c5n5c6ccccc6nc45)n3)cc2)cc1. The van der Waals surface area contributed by atoms with E-state index in [1.54, 1.807) is 0 Å². The second kappa shape index (κ2) is 10.9. The Hall–Kier alpha value is -6.86. The van der Waals surface area contributed by atoms with E-state index in [-0.39, 0.29) is 0 Å². The number of rotatable bonds is 5. The van der Waals surface area contributed by atoms with Crippen molar-refractivity contribution in [1.29, 1.82) is 0 Å². The fourth-order valence-electron chi connectivity index (χ4n) is 6.89. The van der Waals surface area contributed by atoms with E-state index in [9.17, 15) is 0 Å². The van der Waals surface area contributed by atoms with Crippen LogP contribution in [-0.2, 0) is 0 Å². The molecule has 0 aliphatic carbocycles. The molecule has 7 nitrogen and oxygen atoms in total. The summed E-state index contributed by atoms with van der Waals surface area (Å²) in [6.45, 7) is 0. The van der Waals surface area contributed by atoms with Crippen LogP contribution in [0.4, 0.5) is 0 Å². The Kier molecular flexibility index (Phi) is 6.04. The summed E-state index contributed by atoms with van der Waals surface area (Å²) in [6, 6.07) is 56.1. The van der Waals surface area contributed by atoms with Crippen molar-refractivity contribution in [2.24, 2.45) is 0 Å². The van der Waals surface area contributed by atoms with Crippen molar-refractivity contribution in [3.8, 4) is 45.5 Å². The smallest absolute Gasteiger partial charge is 0.241 e. The standard InChI is InChI=1S/C42H27N7/c1-4-14-28(15-5-1)29-24-26-31(27-25-29)39-44-38(30-16-6-2-7-17-30)45-41(46-39)49-37-33-20-10-12-22-35(33)47(32-18-8-3-9-19-32)40(37)48-36-23-13-11-21-34(36)43-42(48)49/h1-27H. The van der Waals surface area contributed by atoms with Crippen LogP contribution in [0.3, 0.4) is 0 Å². The summed E-state index contributed by atoms with van der Waals surface area (Å²) in [5.74, 6) is 2.42. The predicted octanol–water partition coefficient (Wildman–Crippen LogP) is 9.56. The molecule has 0 saturated carbocycles. The lowest BCUT2D eigenvalue weighted by Gasteiger charge is -2.10. The molecule has 0 amide bonds. The van der Waals surface area contributed by atoms with E-state index in [1.807, 2.05) is 48.5 Å². The van der Waals surface area contributed by atoms with Crippen LogP contribution in [0.5, 0.6) is 0 Å². The Morgan fingerprint density at radius 1 is 0.388 bits per heavy atom. The summed E-state index contributed by atoms with van der Waals surface area (Å²) in [4.78, 5) is 20.6. The molecule has 0 bridgehead atoms. The maximum Gasteiger partial charge on any atom is 0.241 e. The molecule has 230 valence electrons. The van der Waals surface area contributed by atoms with Crippen molar-refractivity contribution < 1.29 is 0 Å². The molecular formula is C42H27N7. The Labute approximate surface area is 281 Å². The van der Waals surface area contributed by atoms with E-state index in [0.717, 1.165) is 66.8 Å². The largest absolute Gasteiger partial charge is 0.294 e. The highest BCUT2D eigenvalue weighted by Crippen LogP contribution is 2.38. The lowest BCUT2D eigenvalue weighted by Crippen LogP contribution is -2.07. The number of imidazole rings is 2. The van der Waals surface area contributed by atoms with E-state index in [4.69, 9.17) is 19.9 Å². The Bertz CT molecular complexity index is 2800. The Balaban J connectivity index is 1.30. The molecule has 0 spiro atoms. The van der Waals surface area contributed by atoms with Crippen LogP contribution in [0, 0.1) is 0 Å². The predicted molar refractivity (Wildman–Crippen MR) is 196 cm³/mol. The van der Waals surface area contributed by atoms with E-state index in [0.29, 0.717) is 17.6 Å². The highest BCUT2D eigenvalue weighted by Gasteiger charge is 2.27. The van der Waals surface area contributed by atoms with Gasteiger partial charge >= 0.3 is 0 Å². The third-order valence-corrected chi connectivity index (χ3v) is 9.12. The summed E-state index contributed by atoms with van der Waals surface area (Å²) in [7, 11) is 0. The Morgan fingerprint density at radius 3 is 1.63 bits per heavy atom. The van der Waals surface area contributed by atoms with E-state index in [2.05, 4.69) is 129 Å². The van der Waals surface area contributed by atoms with Gasteiger partial charge in [0.25, 0.3) is 0 Å². The quantitative estimate of drug-likeness (QED) is 0.190. The van der Waals surface area contributed by atoms with Gasteiger partial charge in [-0.25, -0.2) is 14.5 Å². The van der Waals surface area contributed by atoms with Gasteiger partial charge in [0.2, 0.25) is 11.7 Å². The lowest BCUT2D eigenvalue weighted by molar-refractivity contribution is 0.938. The lowest BCUT2D eigenvalue weighted by atomic mass is 10.0. The second-order valence-corrected chi connectivity index (χ2v) is 12.0. The van der Waals surface area contributed by atoms with Crippen LogP contribution in [-0.4, -0.2) is 33.5 Å². The van der Waals surface area contributed by atoms with Crippen LogP contribution in [0.1, 0.15) is 0 Å². The summed E-state index contributed by atoms with van der Waals surface area (Å²) in [5, 5.41) is 1.08. The van der Waals surface area contributed by atoms with E-state index in [1.165, 1.54) is 0 Å². The molecule has 10 aromatic rings. The number of para-hydroxylation sites is 4. The molecule has 6 aromatic carbocycles. The van der Waals surface area contributed by atoms with Gasteiger partial charge in [-0.2, -0.15) is 9.97 Å². The number of benzene rings is 6. The van der Waals surface area contributed by atoms with Crippen LogP contribution in [0.25, 0.3) is 84.4 Å². The van der Waals surface area contributed by atoms with Gasteiger partial charge in [0.15, 0.2) is 17.3 Å². The topological polar surface area (TPSA) is 65.8 Å². The van der Waals surface area contributed by atoms with Crippen LogP contribution in [0.2, 0.25) is 0 Å². The molecule has 10 rings (SSSR count). The average molecular weight is 630 g/mol. The average Bonchev–Trinajstić information content (AvgIpc) is 3.82. The zero-order valence-corrected chi connectivity index (χ0v) is 26.2. The van der Waals surface area contributed by atoms with Crippen molar-refractivity contribution >= 4 is 38.9 Å². The van der Waals surface area contributed by atoms with Gasteiger partial charge in [0.1, 0.15) is 5.52 Å². The van der Waals surface area contributed by atoms with E-state index < -0.39 is 0 Å². The number of fused-ring (bicyclic) bond motifs is 7. The minimum atomic E-state index is 0.502. The minimum absolute atomic E-state index is 0.502. The molecule has 0 radical (unpaired) electrons. The first-order valence-electron chi connectivity index (χ1n) is 16.3. The molecule has 0 N–H and O–H groups in total. The highest BCUT2D eigenvalue weighted by atomic mass is 15.3. The van der Waals surface area contributed by atoms with Crippen molar-refractivity contribution in [3.63, 3.8) is 0 Å². The molecule has 0 saturated heterocycles. The number of hydrogen-bond acceptors (Lipinski definition) is 4. The summed E-state index contributed by atoms with van der Waals surface area (Å²) < 4.78 is 6.65. The molecule has 4 heterocycles. The Morgan fingerprint density at radius 2 is 0.918 bits per heavy atom. The molecule has 49 heavy (non-hydrogen) atoms. The number of aromatic nitrogens is 7. The zero-order valence-electron chi connectivity index (χ0n) is 26.2. The molecule has 4 aromatic heterocycles. The second-order valence-electron chi connectivity index (χ2n) is 12.0. The maximum absolute atomic E-state index is 5.21. The fraction of sp³-hybridized carbons (Fsp3) is 0. The first-order chi connectivity index (χ1) is 24.3. The van der Waals surface area contributed by atoms with Crippen molar-refractivity contribution in [2.75, 3.05) is 0 Å². The minimum Gasteiger partial charge on any atom is -0.294 e. The van der Waals surface area contributed by atoms with Gasteiger partial charge in [0, 0.05) is 22.2 Å². The van der Waals surface area contributed by atoms with Crippen molar-refractivity contribution in [1.82, 2.24) is 33.5 Å². The molecule has 0 unspecified atom stereocenters. The zero-order chi connectivity index (χ0) is 32.3. The molecule has 7 heteroatoms. The van der Waals surface area contributed by atoms with Gasteiger partial charge < -0.3 is 0 Å². The molecule has 0 aliphatic rings. The fourth-order valence-corrected chi connectivity index (χ4v) is 6.89. The first-order valence-corrected chi connectivity index (χ1v) is 16.3. The number of nitrogens with zero attached hydrogens (tertiary/aromatic N) is 7. The van der Waals surface area contributed by atoms with Gasteiger partial charge in [0.05, 0.1) is 16.6 Å². The van der Waals surface area contributed by atoms with Crippen molar-refractivity contribution in [3.05, 3.63) is 164 Å². The highest BCUT2D eigenvalue weighted by molar-refractivity contribution is 6.10. The van der Waals surface area contributed by atoms with Gasteiger partial charge in [-0.15, -0.1) is 0 Å². The first kappa shape index (κ1) is 27.3. The maximum atomic E-state index is 5.21. The third-order valence-electron chi connectivity index (χ3n) is 9.12. The molecular weight excluding hydrogens is 603 g/mol. The molecule has 0 atom stereocenters. The summed E-state index contributed by atoms with van der Waals surface area (Å²) in [6.07, 6.45) is 0. The van der Waals surface area contributed by atoms with Crippen LogP contribution in [0.15, 0.2) is 164 Å². The van der Waals surface area contributed by atoms with Crippen LogP contribution >= 0.6 is 0 Å². The summed E-state index contributed by atoms with van der Waals surface area (Å²) >= 11 is 0.